The van der Waals surface area contributed by atoms with E-state index >= 15 is 0 Å². The molecule has 1 aromatic heterocycles. The van der Waals surface area contributed by atoms with Gasteiger partial charge in [-0.2, -0.15) is 0 Å². The summed E-state index contributed by atoms with van der Waals surface area (Å²) in [7, 11) is 0. The number of aliphatic imine (C=N–C) groups is 1. The molecule has 2 N–H and O–H groups in total. The highest BCUT2D eigenvalue weighted by Crippen LogP contribution is 2.13. The summed E-state index contributed by atoms with van der Waals surface area (Å²) in [6.07, 6.45) is 9.33. The van der Waals surface area contributed by atoms with Gasteiger partial charge in [-0.05, 0) is 12.5 Å². The molecule has 1 heterocycles. The lowest BCUT2D eigenvalue weighted by atomic mass is 10.3. The number of pyridine rings is 1. The minimum absolute atomic E-state index is 0.535. The topological polar surface area (TPSA) is 66.7 Å². The zero-order valence-electron chi connectivity index (χ0n) is 8.76. The number of hydrogen-bond donors (Lipinski definition) is 2. The van der Waals surface area contributed by atoms with Crippen molar-refractivity contribution in [3.05, 3.63) is 18.3 Å². The molecule has 0 atom stereocenters. The van der Waals surface area contributed by atoms with Gasteiger partial charge in [0.05, 0.1) is 18.5 Å². The molecule has 0 aliphatic rings. The van der Waals surface area contributed by atoms with Crippen molar-refractivity contribution in [1.29, 1.82) is 0 Å². The van der Waals surface area contributed by atoms with Crippen molar-refractivity contribution in [2.45, 2.75) is 12.8 Å². The smallest absolute Gasteiger partial charge is 0.213 e. The van der Waals surface area contributed by atoms with E-state index < -0.39 is 0 Å². The molecule has 0 spiro atoms. The van der Waals surface area contributed by atoms with Crippen molar-refractivity contribution in [2.75, 3.05) is 6.61 Å². The van der Waals surface area contributed by atoms with E-state index in [0.717, 1.165) is 12.8 Å². The van der Waals surface area contributed by atoms with Crippen molar-refractivity contribution in [3.8, 4) is 18.2 Å². The van der Waals surface area contributed by atoms with Gasteiger partial charge in [0.25, 0.3) is 0 Å². The molecule has 1 aromatic rings. The third-order valence-electron chi connectivity index (χ3n) is 1.71. The number of hydrogen-bond acceptors (Lipinski definition) is 4. The molecule has 84 valence electrons. The van der Waals surface area contributed by atoms with Gasteiger partial charge in [0, 0.05) is 12.5 Å². The van der Waals surface area contributed by atoms with Crippen LogP contribution in [0.3, 0.4) is 0 Å². The van der Waals surface area contributed by atoms with Crippen LogP contribution in [-0.2, 0) is 0 Å². The van der Waals surface area contributed by atoms with Crippen molar-refractivity contribution in [2.24, 2.45) is 4.99 Å². The van der Waals surface area contributed by atoms with Crippen LogP contribution >= 0.6 is 0 Å². The average molecular weight is 219 g/mol. The lowest BCUT2D eigenvalue weighted by molar-refractivity contribution is 0.240. The van der Waals surface area contributed by atoms with Crippen LogP contribution < -0.4 is 10.2 Å². The summed E-state index contributed by atoms with van der Waals surface area (Å²) in [6.45, 7) is 0.554. The van der Waals surface area contributed by atoms with E-state index in [1.54, 1.807) is 18.3 Å². The first-order valence-electron chi connectivity index (χ1n) is 4.81. The third-order valence-corrected chi connectivity index (χ3v) is 1.71. The molecule has 0 radical (unpaired) electrons. The summed E-state index contributed by atoms with van der Waals surface area (Å²) >= 11 is 0. The van der Waals surface area contributed by atoms with Crippen LogP contribution in [0.1, 0.15) is 12.8 Å². The Hall–Kier alpha value is -2.06. The Morgan fingerprint density at radius 1 is 1.62 bits per heavy atom. The van der Waals surface area contributed by atoms with Crippen LogP contribution in [0.25, 0.3) is 0 Å². The van der Waals surface area contributed by atoms with Gasteiger partial charge in [-0.3, -0.25) is 10.7 Å². The highest BCUT2D eigenvalue weighted by Gasteiger charge is 1.95. The van der Waals surface area contributed by atoms with Crippen molar-refractivity contribution >= 4 is 12.0 Å². The van der Waals surface area contributed by atoms with Gasteiger partial charge in [0.1, 0.15) is 6.34 Å². The fourth-order valence-corrected chi connectivity index (χ4v) is 0.989. The summed E-state index contributed by atoms with van der Waals surface area (Å²) in [5, 5.41) is 8.29. The molecule has 0 saturated carbocycles. The number of hydroxylamine groups is 1. The maximum atomic E-state index is 8.29. The molecule has 0 unspecified atom stereocenters. The van der Waals surface area contributed by atoms with E-state index in [9.17, 15) is 0 Å². The minimum atomic E-state index is 0.535. The Bertz CT molecular complexity index is 368. The maximum Gasteiger partial charge on any atom is 0.213 e. The minimum Gasteiger partial charge on any atom is -0.478 e. The number of rotatable bonds is 6. The Morgan fingerprint density at radius 3 is 3.12 bits per heavy atom. The third kappa shape index (κ3) is 4.44. The van der Waals surface area contributed by atoms with Crippen LogP contribution in [-0.4, -0.2) is 23.1 Å². The molecule has 0 aromatic carbocycles. The Balaban J connectivity index is 2.39. The second kappa shape index (κ2) is 7.26. The molecule has 0 bridgehead atoms. The number of ether oxygens (including phenoxy) is 1. The quantitative estimate of drug-likeness (QED) is 0.250. The van der Waals surface area contributed by atoms with Crippen LogP contribution in [0.5, 0.6) is 5.88 Å². The molecule has 0 amide bonds. The van der Waals surface area contributed by atoms with Crippen LogP contribution in [0.2, 0.25) is 0 Å². The van der Waals surface area contributed by atoms with Gasteiger partial charge >= 0.3 is 0 Å². The summed E-state index contributed by atoms with van der Waals surface area (Å²) in [5.74, 6) is 3.07. The zero-order chi connectivity index (χ0) is 11.6. The molecule has 16 heavy (non-hydrogen) atoms. The summed E-state index contributed by atoms with van der Waals surface area (Å²) in [5.41, 5.74) is 2.43. The van der Waals surface area contributed by atoms with Crippen LogP contribution in [0.4, 0.5) is 5.69 Å². The highest BCUT2D eigenvalue weighted by atomic mass is 16.5. The molecular weight excluding hydrogens is 206 g/mol. The van der Waals surface area contributed by atoms with E-state index in [1.807, 2.05) is 5.48 Å². The summed E-state index contributed by atoms with van der Waals surface area (Å²) in [4.78, 5) is 7.88. The van der Waals surface area contributed by atoms with Gasteiger partial charge in [-0.15, -0.1) is 12.3 Å². The van der Waals surface area contributed by atoms with E-state index in [1.165, 1.54) is 0 Å². The van der Waals surface area contributed by atoms with Gasteiger partial charge < -0.3 is 4.74 Å². The molecule has 0 aliphatic carbocycles. The van der Waals surface area contributed by atoms with E-state index in [-0.39, 0.29) is 0 Å². The largest absolute Gasteiger partial charge is 0.478 e. The normalized spacial score (nSPS) is 10.0. The first-order valence-corrected chi connectivity index (χ1v) is 4.81. The van der Waals surface area contributed by atoms with E-state index in [0.29, 0.717) is 24.6 Å². The van der Waals surface area contributed by atoms with Crippen molar-refractivity contribution < 1.29 is 9.94 Å². The van der Waals surface area contributed by atoms with Crippen molar-refractivity contribution in [1.82, 2.24) is 10.5 Å². The summed E-state index contributed by atoms with van der Waals surface area (Å²) < 4.78 is 5.34. The molecule has 5 heteroatoms. The number of nitrogens with zero attached hydrogens (tertiary/aromatic N) is 2. The fourth-order valence-electron chi connectivity index (χ4n) is 0.989. The molecule has 5 nitrogen and oxygen atoms in total. The second-order valence-electron chi connectivity index (χ2n) is 2.90. The Morgan fingerprint density at radius 2 is 2.50 bits per heavy atom. The Labute approximate surface area is 94.1 Å². The molecule has 0 aliphatic heterocycles. The molecular formula is C11H13N3O2. The molecule has 0 fully saturated rings. The standard InChI is InChI=1S/C11H13N3O2/c1-2-3-4-7-16-11-6-5-10(8-12-11)13-9-14-15/h1,5-6,8-9,15H,3-4,7H2,(H,13,14). The predicted octanol–water partition coefficient (Wildman–Crippen LogP) is 1.51. The van der Waals surface area contributed by atoms with Gasteiger partial charge in [-0.1, -0.05) is 0 Å². The van der Waals surface area contributed by atoms with Crippen LogP contribution in [0.15, 0.2) is 23.3 Å². The first-order chi connectivity index (χ1) is 7.86. The van der Waals surface area contributed by atoms with Gasteiger partial charge in [0.15, 0.2) is 0 Å². The summed E-state index contributed by atoms with van der Waals surface area (Å²) in [6, 6.07) is 3.44. The molecule has 0 saturated heterocycles. The lowest BCUT2D eigenvalue weighted by Crippen LogP contribution is -2.01. The van der Waals surface area contributed by atoms with Gasteiger partial charge in [0.2, 0.25) is 5.88 Å². The van der Waals surface area contributed by atoms with E-state index in [4.69, 9.17) is 16.4 Å². The fraction of sp³-hybridized carbons (Fsp3) is 0.273. The number of nitrogens with one attached hydrogen (secondary N) is 1. The predicted molar refractivity (Wildman–Crippen MR) is 60.9 cm³/mol. The maximum absolute atomic E-state index is 8.29. The molecule has 1 rings (SSSR count). The number of aromatic nitrogens is 1. The average Bonchev–Trinajstić information content (AvgIpc) is 2.33. The van der Waals surface area contributed by atoms with Crippen molar-refractivity contribution in [3.63, 3.8) is 0 Å². The second-order valence-corrected chi connectivity index (χ2v) is 2.90. The van der Waals surface area contributed by atoms with Gasteiger partial charge in [-0.25, -0.2) is 9.98 Å². The zero-order valence-corrected chi connectivity index (χ0v) is 8.76. The lowest BCUT2D eigenvalue weighted by Gasteiger charge is -2.03. The highest BCUT2D eigenvalue weighted by molar-refractivity contribution is 5.59. The Kier molecular flexibility index (Phi) is 5.45. The SMILES string of the molecule is C#CCCCOc1ccc(N=CNO)cn1. The monoisotopic (exact) mass is 219 g/mol. The number of unbranched alkanes of at least 4 members (excludes halogenated alkanes) is 1. The van der Waals surface area contributed by atoms with Crippen LogP contribution in [0, 0.1) is 12.3 Å². The first kappa shape index (κ1) is 12.0. The number of terminal acetylenes is 1. The van der Waals surface area contributed by atoms with E-state index in [2.05, 4.69) is 15.9 Å².